The van der Waals surface area contributed by atoms with Gasteiger partial charge in [-0.1, -0.05) is 6.92 Å². The zero-order valence-corrected chi connectivity index (χ0v) is 9.24. The molecule has 0 saturated heterocycles. The Labute approximate surface area is 93.6 Å². The first-order chi connectivity index (χ1) is 7.58. The van der Waals surface area contributed by atoms with Crippen LogP contribution in [0.3, 0.4) is 0 Å². The lowest BCUT2D eigenvalue weighted by Gasteiger charge is -2.08. The van der Waals surface area contributed by atoms with E-state index in [0.717, 1.165) is 0 Å². The minimum Gasteiger partial charge on any atom is -0.465 e. The van der Waals surface area contributed by atoms with Gasteiger partial charge in [-0.25, -0.2) is 4.79 Å². The summed E-state index contributed by atoms with van der Waals surface area (Å²) in [7, 11) is 1.30. The van der Waals surface area contributed by atoms with E-state index >= 15 is 0 Å². The maximum Gasteiger partial charge on any atom is 0.337 e. The quantitative estimate of drug-likeness (QED) is 0.598. The number of amides is 1. The van der Waals surface area contributed by atoms with E-state index < -0.39 is 5.97 Å². The highest BCUT2D eigenvalue weighted by atomic mass is 16.5. The lowest BCUT2D eigenvalue weighted by molar-refractivity contribution is -0.115. The van der Waals surface area contributed by atoms with Crippen molar-refractivity contribution in [3.8, 4) is 0 Å². The number of nitrogens with two attached hydrogens (primary N) is 1. The Kier molecular flexibility index (Phi) is 3.88. The summed E-state index contributed by atoms with van der Waals surface area (Å²) in [4.78, 5) is 22.3. The molecule has 0 aromatic heterocycles. The molecule has 0 atom stereocenters. The number of hydrogen-bond donors (Lipinski definition) is 2. The third-order valence-corrected chi connectivity index (χ3v) is 2.07. The third kappa shape index (κ3) is 2.73. The molecule has 1 amide bonds. The fourth-order valence-electron chi connectivity index (χ4n) is 1.16. The molecule has 1 rings (SSSR count). The fraction of sp³-hybridized carbons (Fsp3) is 0.273. The van der Waals surface area contributed by atoms with Crippen LogP contribution in [0.2, 0.25) is 0 Å². The van der Waals surface area contributed by atoms with Crippen LogP contribution in [-0.4, -0.2) is 19.0 Å². The van der Waals surface area contributed by atoms with E-state index in [4.69, 9.17) is 5.73 Å². The van der Waals surface area contributed by atoms with E-state index in [2.05, 4.69) is 10.1 Å². The number of nitrogen functional groups attached to an aromatic ring is 1. The van der Waals surface area contributed by atoms with E-state index in [1.807, 2.05) is 0 Å². The number of ether oxygens (including phenoxy) is 1. The lowest BCUT2D eigenvalue weighted by Crippen LogP contribution is -2.12. The second kappa shape index (κ2) is 5.16. The van der Waals surface area contributed by atoms with Crippen molar-refractivity contribution in [2.75, 3.05) is 18.2 Å². The summed E-state index contributed by atoms with van der Waals surface area (Å²) >= 11 is 0. The van der Waals surface area contributed by atoms with Crippen LogP contribution in [0.15, 0.2) is 18.2 Å². The summed E-state index contributed by atoms with van der Waals surface area (Å²) in [5.41, 5.74) is 6.89. The van der Waals surface area contributed by atoms with Crippen molar-refractivity contribution in [3.05, 3.63) is 23.8 Å². The molecule has 0 aliphatic rings. The third-order valence-electron chi connectivity index (χ3n) is 2.07. The van der Waals surface area contributed by atoms with Crippen molar-refractivity contribution in [2.24, 2.45) is 0 Å². The molecule has 5 heteroatoms. The number of esters is 1. The van der Waals surface area contributed by atoms with E-state index in [0.29, 0.717) is 23.4 Å². The van der Waals surface area contributed by atoms with Crippen LogP contribution in [0.1, 0.15) is 23.7 Å². The summed E-state index contributed by atoms with van der Waals surface area (Å²) in [6.07, 6.45) is 0.373. The molecule has 16 heavy (non-hydrogen) atoms. The Morgan fingerprint density at radius 3 is 2.62 bits per heavy atom. The summed E-state index contributed by atoms with van der Waals surface area (Å²) in [5.74, 6) is -0.586. The molecular weight excluding hydrogens is 208 g/mol. The lowest BCUT2D eigenvalue weighted by atomic mass is 10.1. The average Bonchev–Trinajstić information content (AvgIpc) is 2.30. The second-order valence-corrected chi connectivity index (χ2v) is 3.20. The number of hydrogen-bond acceptors (Lipinski definition) is 4. The molecular formula is C11H14N2O3. The van der Waals surface area contributed by atoms with E-state index in [1.54, 1.807) is 19.1 Å². The number of nitrogens with one attached hydrogen (secondary N) is 1. The maximum absolute atomic E-state index is 11.2. The number of methoxy groups -OCH3 is 1. The van der Waals surface area contributed by atoms with Crippen LogP contribution in [0.4, 0.5) is 11.4 Å². The van der Waals surface area contributed by atoms with Gasteiger partial charge in [-0.2, -0.15) is 0 Å². The Balaban J connectivity index is 2.91. The number of carbonyl (C=O) groups is 2. The van der Waals surface area contributed by atoms with Gasteiger partial charge in [0.2, 0.25) is 5.91 Å². The average molecular weight is 222 g/mol. The summed E-state index contributed by atoms with van der Waals surface area (Å²) in [6.45, 7) is 1.74. The predicted octanol–water partition coefficient (Wildman–Crippen LogP) is 1.40. The molecule has 0 heterocycles. The van der Waals surface area contributed by atoms with Crippen molar-refractivity contribution in [1.82, 2.24) is 0 Å². The monoisotopic (exact) mass is 222 g/mol. The fourth-order valence-corrected chi connectivity index (χ4v) is 1.16. The van der Waals surface area contributed by atoms with Crippen molar-refractivity contribution in [1.29, 1.82) is 0 Å². The number of anilines is 2. The molecule has 1 aromatic carbocycles. The van der Waals surface area contributed by atoms with Gasteiger partial charge in [0.05, 0.1) is 24.0 Å². The molecule has 5 nitrogen and oxygen atoms in total. The molecule has 0 radical (unpaired) electrons. The number of carbonyl (C=O) groups excluding carboxylic acids is 2. The van der Waals surface area contributed by atoms with E-state index in [1.165, 1.54) is 13.2 Å². The van der Waals surface area contributed by atoms with Crippen molar-refractivity contribution < 1.29 is 14.3 Å². The van der Waals surface area contributed by atoms with E-state index in [-0.39, 0.29) is 5.91 Å². The van der Waals surface area contributed by atoms with Crippen LogP contribution in [0, 0.1) is 0 Å². The van der Waals surface area contributed by atoms with Gasteiger partial charge in [-0.3, -0.25) is 4.79 Å². The van der Waals surface area contributed by atoms with Gasteiger partial charge in [0.1, 0.15) is 0 Å². The Morgan fingerprint density at radius 2 is 2.12 bits per heavy atom. The molecule has 1 aromatic rings. The van der Waals surface area contributed by atoms with Gasteiger partial charge in [-0.05, 0) is 18.2 Å². The first-order valence-corrected chi connectivity index (χ1v) is 4.86. The van der Waals surface area contributed by atoms with Crippen LogP contribution in [0.25, 0.3) is 0 Å². The number of rotatable bonds is 3. The first-order valence-electron chi connectivity index (χ1n) is 4.86. The molecule has 0 aliphatic heterocycles. The summed E-state index contributed by atoms with van der Waals surface area (Å²) in [6, 6.07) is 4.60. The molecule has 86 valence electrons. The highest BCUT2D eigenvalue weighted by Gasteiger charge is 2.09. The zero-order chi connectivity index (χ0) is 12.1. The van der Waals surface area contributed by atoms with Gasteiger partial charge in [0, 0.05) is 6.42 Å². The molecule has 0 bridgehead atoms. The largest absolute Gasteiger partial charge is 0.465 e. The smallest absolute Gasteiger partial charge is 0.337 e. The second-order valence-electron chi connectivity index (χ2n) is 3.20. The van der Waals surface area contributed by atoms with Gasteiger partial charge in [0.25, 0.3) is 0 Å². The van der Waals surface area contributed by atoms with Crippen molar-refractivity contribution in [2.45, 2.75) is 13.3 Å². The van der Waals surface area contributed by atoms with Gasteiger partial charge in [0.15, 0.2) is 0 Å². The Morgan fingerprint density at radius 1 is 1.44 bits per heavy atom. The minimum atomic E-state index is -0.458. The normalized spacial score (nSPS) is 9.62. The first kappa shape index (κ1) is 12.0. The van der Waals surface area contributed by atoms with Gasteiger partial charge < -0.3 is 15.8 Å². The topological polar surface area (TPSA) is 81.4 Å². The molecule has 0 aliphatic carbocycles. The molecule has 0 spiro atoms. The molecule has 0 saturated carbocycles. The zero-order valence-electron chi connectivity index (χ0n) is 9.24. The van der Waals surface area contributed by atoms with Crippen LogP contribution in [0.5, 0.6) is 0 Å². The highest BCUT2D eigenvalue weighted by Crippen LogP contribution is 2.20. The van der Waals surface area contributed by atoms with Crippen LogP contribution < -0.4 is 11.1 Å². The van der Waals surface area contributed by atoms with Gasteiger partial charge in [-0.15, -0.1) is 0 Å². The van der Waals surface area contributed by atoms with E-state index in [9.17, 15) is 9.59 Å². The SMILES string of the molecule is CCC(=O)Nc1ccc(C(=O)OC)cc1N. The Bertz CT molecular complexity index is 416. The van der Waals surface area contributed by atoms with Crippen molar-refractivity contribution in [3.63, 3.8) is 0 Å². The maximum atomic E-state index is 11.2. The summed E-state index contributed by atoms with van der Waals surface area (Å²) < 4.78 is 4.55. The number of benzene rings is 1. The van der Waals surface area contributed by atoms with Crippen molar-refractivity contribution >= 4 is 23.3 Å². The Hall–Kier alpha value is -2.04. The molecule has 0 fully saturated rings. The molecule has 3 N–H and O–H groups in total. The standard InChI is InChI=1S/C11H14N2O3/c1-3-10(14)13-9-5-4-7(6-8(9)12)11(15)16-2/h4-6H,3,12H2,1-2H3,(H,13,14). The highest BCUT2D eigenvalue weighted by molar-refractivity contribution is 5.96. The summed E-state index contributed by atoms with van der Waals surface area (Å²) in [5, 5.41) is 2.63. The molecule has 0 unspecified atom stereocenters. The van der Waals surface area contributed by atoms with Crippen LogP contribution in [-0.2, 0) is 9.53 Å². The predicted molar refractivity (Wildman–Crippen MR) is 61.1 cm³/mol. The van der Waals surface area contributed by atoms with Gasteiger partial charge >= 0.3 is 5.97 Å². The minimum absolute atomic E-state index is 0.127. The van der Waals surface area contributed by atoms with Crippen LogP contribution >= 0.6 is 0 Å².